The van der Waals surface area contributed by atoms with Crippen LogP contribution in [0.15, 0.2) is 42.5 Å². The fourth-order valence-electron chi connectivity index (χ4n) is 4.00. The first kappa shape index (κ1) is 20.5. The molecule has 0 radical (unpaired) electrons. The Hall–Kier alpha value is -2.74. The van der Waals surface area contributed by atoms with Crippen molar-refractivity contribution < 1.29 is 14.3 Å². The summed E-state index contributed by atoms with van der Waals surface area (Å²) >= 11 is 12.2. The standard InChI is InChI=1S/C21H20Cl2N4O3/c22-14-3-1-2-13(8-14)10-25-20(29)27-7-6-16-17-9-15(23)4-5-18(17)26-19(16)21(27,11-24)30-12-28/h1-5,8-9,12,26H,6-7,10-11,24H2,(H,25,29). The van der Waals surface area contributed by atoms with E-state index >= 15 is 0 Å². The average Bonchev–Trinajstić information content (AvgIpc) is 3.11. The number of urea groups is 1. The number of rotatable bonds is 5. The number of halogens is 2. The lowest BCUT2D eigenvalue weighted by Crippen LogP contribution is -2.61. The minimum atomic E-state index is -1.45. The van der Waals surface area contributed by atoms with Gasteiger partial charge in [-0.05, 0) is 47.9 Å². The molecule has 0 saturated heterocycles. The van der Waals surface area contributed by atoms with Crippen LogP contribution in [0, 0.1) is 0 Å². The Morgan fingerprint density at radius 1 is 1.27 bits per heavy atom. The summed E-state index contributed by atoms with van der Waals surface area (Å²) in [5, 5.41) is 4.96. The van der Waals surface area contributed by atoms with Gasteiger partial charge in [0.1, 0.15) is 0 Å². The number of fused-ring (bicyclic) bond motifs is 3. The van der Waals surface area contributed by atoms with Crippen molar-refractivity contribution in [3.05, 3.63) is 69.3 Å². The minimum Gasteiger partial charge on any atom is -0.433 e. The molecule has 1 aliphatic heterocycles. The van der Waals surface area contributed by atoms with E-state index in [2.05, 4.69) is 10.3 Å². The maximum absolute atomic E-state index is 13.1. The van der Waals surface area contributed by atoms with Gasteiger partial charge in [-0.3, -0.25) is 9.69 Å². The van der Waals surface area contributed by atoms with E-state index in [1.807, 2.05) is 24.3 Å². The molecular formula is C21H20Cl2N4O3. The normalized spacial score (nSPS) is 18.2. The smallest absolute Gasteiger partial charge is 0.321 e. The fourth-order valence-corrected chi connectivity index (χ4v) is 4.39. The van der Waals surface area contributed by atoms with Crippen molar-refractivity contribution in [2.24, 2.45) is 5.73 Å². The number of hydrogen-bond acceptors (Lipinski definition) is 4. The molecule has 2 amide bonds. The molecule has 2 aromatic carbocycles. The van der Waals surface area contributed by atoms with Crippen LogP contribution in [0.2, 0.25) is 10.0 Å². The number of benzene rings is 2. The number of ether oxygens (including phenoxy) is 1. The first-order valence-corrected chi connectivity index (χ1v) is 10.2. The van der Waals surface area contributed by atoms with Gasteiger partial charge in [0, 0.05) is 34.0 Å². The number of amides is 2. The Balaban J connectivity index is 1.69. The van der Waals surface area contributed by atoms with Crippen molar-refractivity contribution in [3.8, 4) is 0 Å². The van der Waals surface area contributed by atoms with Crippen molar-refractivity contribution in [2.75, 3.05) is 13.1 Å². The third kappa shape index (κ3) is 3.49. The molecule has 0 saturated carbocycles. The Morgan fingerprint density at radius 3 is 2.80 bits per heavy atom. The minimum absolute atomic E-state index is 0.107. The topological polar surface area (TPSA) is 100 Å². The molecule has 4 rings (SSSR count). The summed E-state index contributed by atoms with van der Waals surface area (Å²) in [4.78, 5) is 29.2. The van der Waals surface area contributed by atoms with Gasteiger partial charge >= 0.3 is 6.03 Å². The van der Waals surface area contributed by atoms with E-state index in [0.717, 1.165) is 22.0 Å². The molecule has 30 heavy (non-hydrogen) atoms. The summed E-state index contributed by atoms with van der Waals surface area (Å²) < 4.78 is 5.48. The van der Waals surface area contributed by atoms with Gasteiger partial charge in [0.05, 0.1) is 12.2 Å². The fraction of sp³-hybridized carbons (Fsp3) is 0.238. The molecule has 0 fully saturated rings. The number of aromatic amines is 1. The van der Waals surface area contributed by atoms with Crippen molar-refractivity contribution in [2.45, 2.75) is 18.7 Å². The highest BCUT2D eigenvalue weighted by Gasteiger charge is 2.48. The van der Waals surface area contributed by atoms with Crippen molar-refractivity contribution >= 4 is 46.6 Å². The average molecular weight is 447 g/mol. The largest absolute Gasteiger partial charge is 0.433 e. The number of aromatic nitrogens is 1. The predicted molar refractivity (Wildman–Crippen MR) is 115 cm³/mol. The Kier molecular flexibility index (Phi) is 5.60. The highest BCUT2D eigenvalue weighted by molar-refractivity contribution is 6.31. The zero-order valence-corrected chi connectivity index (χ0v) is 17.5. The number of carbonyl (C=O) groups is 2. The number of carbonyl (C=O) groups excluding carboxylic acids is 2. The van der Waals surface area contributed by atoms with Gasteiger partial charge in [0.15, 0.2) is 0 Å². The molecule has 1 atom stereocenters. The SMILES string of the molecule is NCC1(OC=O)c2[nH]c3ccc(Cl)cc3c2CCN1C(=O)NCc1cccc(Cl)c1. The summed E-state index contributed by atoms with van der Waals surface area (Å²) in [6.45, 7) is 0.799. The lowest BCUT2D eigenvalue weighted by molar-refractivity contribution is -0.166. The molecule has 9 heteroatoms. The van der Waals surface area contributed by atoms with Gasteiger partial charge in [-0.15, -0.1) is 0 Å². The number of H-pyrrole nitrogens is 1. The van der Waals surface area contributed by atoms with Crippen LogP contribution < -0.4 is 11.1 Å². The van der Waals surface area contributed by atoms with Crippen LogP contribution in [-0.2, 0) is 28.2 Å². The van der Waals surface area contributed by atoms with E-state index in [9.17, 15) is 9.59 Å². The second-order valence-electron chi connectivity index (χ2n) is 7.06. The molecule has 1 aromatic heterocycles. The van der Waals surface area contributed by atoms with Gasteiger partial charge in [0.25, 0.3) is 6.47 Å². The highest BCUT2D eigenvalue weighted by atomic mass is 35.5. The Labute approximate surface area is 183 Å². The van der Waals surface area contributed by atoms with Gasteiger partial charge < -0.3 is 20.8 Å². The van der Waals surface area contributed by atoms with E-state index in [1.54, 1.807) is 18.2 Å². The van der Waals surface area contributed by atoms with Crippen molar-refractivity contribution in [3.63, 3.8) is 0 Å². The van der Waals surface area contributed by atoms with Crippen molar-refractivity contribution in [1.82, 2.24) is 15.2 Å². The summed E-state index contributed by atoms with van der Waals surface area (Å²) in [6, 6.07) is 12.3. The molecule has 1 aliphatic rings. The number of nitrogens with zero attached hydrogens (tertiary/aromatic N) is 1. The van der Waals surface area contributed by atoms with Crippen LogP contribution in [0.25, 0.3) is 10.9 Å². The van der Waals surface area contributed by atoms with Crippen LogP contribution >= 0.6 is 23.2 Å². The monoisotopic (exact) mass is 446 g/mol. The van der Waals surface area contributed by atoms with Crippen LogP contribution in [-0.4, -0.2) is 35.5 Å². The molecule has 0 aliphatic carbocycles. The third-order valence-corrected chi connectivity index (χ3v) is 5.85. The number of nitrogens with one attached hydrogen (secondary N) is 2. The zero-order valence-electron chi connectivity index (χ0n) is 16.0. The Morgan fingerprint density at radius 2 is 2.07 bits per heavy atom. The van der Waals surface area contributed by atoms with Gasteiger partial charge in [-0.25, -0.2) is 4.79 Å². The summed E-state index contributed by atoms with van der Waals surface area (Å²) in [7, 11) is 0. The third-order valence-electron chi connectivity index (χ3n) is 5.38. The molecule has 3 aromatic rings. The molecule has 4 N–H and O–H groups in total. The predicted octanol–water partition coefficient (Wildman–Crippen LogP) is 3.53. The molecule has 7 nitrogen and oxygen atoms in total. The summed E-state index contributed by atoms with van der Waals surface area (Å²) in [5.74, 6) is 0. The molecular weight excluding hydrogens is 427 g/mol. The molecule has 156 valence electrons. The van der Waals surface area contributed by atoms with Gasteiger partial charge in [-0.2, -0.15) is 0 Å². The zero-order chi connectivity index (χ0) is 21.3. The van der Waals surface area contributed by atoms with E-state index < -0.39 is 11.8 Å². The number of nitrogens with two attached hydrogens (primary N) is 1. The Bertz CT molecular complexity index is 1120. The maximum Gasteiger partial charge on any atom is 0.321 e. The quantitative estimate of drug-likeness (QED) is 0.521. The molecule has 2 heterocycles. The maximum atomic E-state index is 13.1. The molecule has 0 spiro atoms. The van der Waals surface area contributed by atoms with Crippen LogP contribution in [0.5, 0.6) is 0 Å². The van der Waals surface area contributed by atoms with Crippen LogP contribution in [0.1, 0.15) is 16.8 Å². The first-order chi connectivity index (χ1) is 14.5. The van der Waals surface area contributed by atoms with Gasteiger partial charge in [0.2, 0.25) is 5.72 Å². The second kappa shape index (κ2) is 8.18. The van der Waals surface area contributed by atoms with Crippen LogP contribution in [0.4, 0.5) is 4.79 Å². The first-order valence-electron chi connectivity index (χ1n) is 9.40. The van der Waals surface area contributed by atoms with Crippen LogP contribution in [0.3, 0.4) is 0 Å². The van der Waals surface area contributed by atoms with Gasteiger partial charge in [-0.1, -0.05) is 35.3 Å². The summed E-state index contributed by atoms with van der Waals surface area (Å²) in [5.41, 5.74) is 7.83. The second-order valence-corrected chi connectivity index (χ2v) is 7.93. The number of hydrogen-bond donors (Lipinski definition) is 3. The van der Waals surface area contributed by atoms with Crippen molar-refractivity contribution in [1.29, 1.82) is 0 Å². The molecule has 0 bridgehead atoms. The molecule has 1 unspecified atom stereocenters. The highest BCUT2D eigenvalue weighted by Crippen LogP contribution is 2.39. The lowest BCUT2D eigenvalue weighted by Gasteiger charge is -2.44. The van der Waals surface area contributed by atoms with E-state index in [4.69, 9.17) is 33.7 Å². The summed E-state index contributed by atoms with van der Waals surface area (Å²) in [6.07, 6.45) is 0.560. The van der Waals surface area contributed by atoms with E-state index in [1.165, 1.54) is 4.90 Å². The van der Waals surface area contributed by atoms with E-state index in [0.29, 0.717) is 35.2 Å². The van der Waals surface area contributed by atoms with E-state index in [-0.39, 0.29) is 13.1 Å². The lowest BCUT2D eigenvalue weighted by atomic mass is 9.94.